The minimum Gasteiger partial charge on any atom is -0.324 e. The number of carbonyl (C=O) groups is 4. The van der Waals surface area contributed by atoms with Gasteiger partial charge in [0.05, 0.1) is 23.8 Å². The topological polar surface area (TPSA) is 111 Å². The van der Waals surface area contributed by atoms with Crippen LogP contribution >= 0.6 is 11.6 Å². The molecule has 1 aliphatic carbocycles. The van der Waals surface area contributed by atoms with Gasteiger partial charge in [-0.05, 0) is 50.8 Å². The number of amides is 5. The highest BCUT2D eigenvalue weighted by atomic mass is 35.5. The molecule has 1 spiro atoms. The first kappa shape index (κ1) is 22.0. The fourth-order valence-corrected chi connectivity index (χ4v) is 3.96. The van der Waals surface area contributed by atoms with Crippen molar-refractivity contribution >= 4 is 41.0 Å². The summed E-state index contributed by atoms with van der Waals surface area (Å²) in [5.74, 6) is -0.821. The Labute approximate surface area is 180 Å². The molecule has 1 saturated heterocycles. The van der Waals surface area contributed by atoms with Crippen molar-refractivity contribution in [3.05, 3.63) is 29.3 Å². The number of hydrogen-bond donors (Lipinski definition) is 3. The molecule has 0 radical (unpaired) electrons. The van der Waals surface area contributed by atoms with Gasteiger partial charge in [0.25, 0.3) is 11.8 Å². The lowest BCUT2D eigenvalue weighted by molar-refractivity contribution is -0.140. The molecule has 1 aromatic rings. The summed E-state index contributed by atoms with van der Waals surface area (Å²) in [5.41, 5.74) is 1.92. The maximum absolute atomic E-state index is 12.8. The highest BCUT2D eigenvalue weighted by Gasteiger charge is 2.52. The SMILES string of the molecule is CC1CCC2(CC1)NC(=O)N(NC(=O)CN(C)CC(=O)Nc1ccccc1Cl)C2=O. The third-order valence-corrected chi connectivity index (χ3v) is 5.83. The van der Waals surface area contributed by atoms with Gasteiger partial charge in [-0.2, -0.15) is 5.01 Å². The minimum atomic E-state index is -0.919. The summed E-state index contributed by atoms with van der Waals surface area (Å²) in [4.78, 5) is 51.0. The predicted octanol–water partition coefficient (Wildman–Crippen LogP) is 1.74. The molecule has 0 aromatic heterocycles. The molecule has 2 aliphatic rings. The van der Waals surface area contributed by atoms with Gasteiger partial charge in [-0.3, -0.25) is 24.7 Å². The Bertz CT molecular complexity index is 853. The molecule has 1 heterocycles. The second kappa shape index (κ2) is 9.01. The first-order chi connectivity index (χ1) is 14.2. The van der Waals surface area contributed by atoms with Crippen molar-refractivity contribution < 1.29 is 19.2 Å². The van der Waals surface area contributed by atoms with Crippen LogP contribution in [0.4, 0.5) is 10.5 Å². The van der Waals surface area contributed by atoms with Crippen LogP contribution in [0.1, 0.15) is 32.6 Å². The zero-order chi connectivity index (χ0) is 21.9. The van der Waals surface area contributed by atoms with Crippen LogP contribution in [0, 0.1) is 5.92 Å². The van der Waals surface area contributed by atoms with E-state index in [0.717, 1.165) is 17.9 Å². The number of halogens is 1. The van der Waals surface area contributed by atoms with Gasteiger partial charge in [-0.1, -0.05) is 30.7 Å². The number of para-hydroxylation sites is 1. The molecule has 1 saturated carbocycles. The van der Waals surface area contributed by atoms with Crippen LogP contribution < -0.4 is 16.1 Å². The maximum Gasteiger partial charge on any atom is 0.344 e. The van der Waals surface area contributed by atoms with Crippen LogP contribution in [-0.4, -0.2) is 59.3 Å². The lowest BCUT2D eigenvalue weighted by atomic mass is 9.77. The number of urea groups is 1. The fourth-order valence-electron chi connectivity index (χ4n) is 3.77. The average molecular weight is 436 g/mol. The van der Waals surface area contributed by atoms with Crippen molar-refractivity contribution in [2.75, 3.05) is 25.5 Å². The van der Waals surface area contributed by atoms with Gasteiger partial charge in [-0.15, -0.1) is 0 Å². The van der Waals surface area contributed by atoms with Crippen molar-refractivity contribution in [3.8, 4) is 0 Å². The second-order valence-electron chi connectivity index (χ2n) is 8.07. The monoisotopic (exact) mass is 435 g/mol. The van der Waals surface area contributed by atoms with Crippen LogP contribution in [0.5, 0.6) is 0 Å². The molecule has 10 heteroatoms. The van der Waals surface area contributed by atoms with Gasteiger partial charge in [0.2, 0.25) is 5.91 Å². The van der Waals surface area contributed by atoms with Gasteiger partial charge >= 0.3 is 6.03 Å². The number of nitrogens with one attached hydrogen (secondary N) is 3. The second-order valence-corrected chi connectivity index (χ2v) is 8.48. The van der Waals surface area contributed by atoms with Crippen LogP contribution in [0.2, 0.25) is 5.02 Å². The van der Waals surface area contributed by atoms with Crippen LogP contribution in [0.15, 0.2) is 24.3 Å². The van der Waals surface area contributed by atoms with Crippen LogP contribution in [0.3, 0.4) is 0 Å². The lowest BCUT2D eigenvalue weighted by Crippen LogP contribution is -2.52. The summed E-state index contributed by atoms with van der Waals surface area (Å²) < 4.78 is 0. The minimum absolute atomic E-state index is 0.0688. The van der Waals surface area contributed by atoms with E-state index >= 15 is 0 Å². The number of likely N-dealkylation sites (N-methyl/N-ethyl adjacent to an activating group) is 1. The van der Waals surface area contributed by atoms with Crippen LogP contribution in [-0.2, 0) is 14.4 Å². The fraction of sp³-hybridized carbons (Fsp3) is 0.500. The number of imide groups is 1. The number of rotatable bonds is 6. The van der Waals surface area contributed by atoms with E-state index < -0.39 is 23.4 Å². The normalized spacial score (nSPS) is 23.6. The number of benzene rings is 1. The summed E-state index contributed by atoms with van der Waals surface area (Å²) in [7, 11) is 1.58. The van der Waals surface area contributed by atoms with Crippen molar-refractivity contribution in [1.82, 2.24) is 20.7 Å². The lowest BCUT2D eigenvalue weighted by Gasteiger charge is -2.33. The molecular formula is C20H26ClN5O4. The molecule has 0 unspecified atom stereocenters. The first-order valence-electron chi connectivity index (χ1n) is 9.89. The number of carbonyl (C=O) groups excluding carboxylic acids is 4. The molecule has 1 aliphatic heterocycles. The molecule has 5 amide bonds. The van der Waals surface area contributed by atoms with E-state index in [1.54, 1.807) is 31.3 Å². The quantitative estimate of drug-likeness (QED) is 0.589. The number of anilines is 1. The molecule has 1 aromatic carbocycles. The number of hydrogen-bond acceptors (Lipinski definition) is 5. The van der Waals surface area contributed by atoms with Crippen molar-refractivity contribution in [1.29, 1.82) is 0 Å². The molecule has 3 rings (SSSR count). The maximum atomic E-state index is 12.8. The summed E-state index contributed by atoms with van der Waals surface area (Å²) in [5, 5.41) is 6.59. The van der Waals surface area contributed by atoms with Crippen molar-refractivity contribution in [3.63, 3.8) is 0 Å². The molecule has 162 valence electrons. The van der Waals surface area contributed by atoms with E-state index in [4.69, 9.17) is 11.6 Å². The number of nitrogens with zero attached hydrogens (tertiary/aromatic N) is 2. The Morgan fingerprint density at radius 2 is 1.83 bits per heavy atom. The average Bonchev–Trinajstić information content (AvgIpc) is 2.90. The van der Waals surface area contributed by atoms with Gasteiger partial charge in [0.15, 0.2) is 0 Å². The molecule has 9 nitrogen and oxygen atoms in total. The van der Waals surface area contributed by atoms with Crippen molar-refractivity contribution in [2.24, 2.45) is 5.92 Å². The Morgan fingerprint density at radius 1 is 1.20 bits per heavy atom. The number of hydrazine groups is 1. The van der Waals surface area contributed by atoms with Crippen LogP contribution in [0.25, 0.3) is 0 Å². The predicted molar refractivity (Wildman–Crippen MR) is 111 cm³/mol. The molecule has 2 fully saturated rings. The zero-order valence-corrected chi connectivity index (χ0v) is 17.8. The smallest absolute Gasteiger partial charge is 0.324 e. The van der Waals surface area contributed by atoms with E-state index in [1.165, 1.54) is 4.90 Å². The third-order valence-electron chi connectivity index (χ3n) is 5.50. The Hall–Kier alpha value is -2.65. The molecule has 0 bridgehead atoms. The van der Waals surface area contributed by atoms with E-state index in [-0.39, 0.29) is 19.0 Å². The summed E-state index contributed by atoms with van der Waals surface area (Å²) >= 11 is 6.01. The van der Waals surface area contributed by atoms with E-state index in [0.29, 0.717) is 29.5 Å². The van der Waals surface area contributed by atoms with Gasteiger partial charge in [0, 0.05) is 0 Å². The van der Waals surface area contributed by atoms with E-state index in [2.05, 4.69) is 23.0 Å². The van der Waals surface area contributed by atoms with E-state index in [9.17, 15) is 19.2 Å². The molecule has 0 atom stereocenters. The summed E-state index contributed by atoms with van der Waals surface area (Å²) in [6.07, 6.45) is 2.81. The Kier molecular flexibility index (Phi) is 6.62. The standard InChI is InChI=1S/C20H26ClN5O4/c1-13-7-9-20(10-8-13)18(29)26(19(30)23-20)24-17(28)12-25(2)11-16(27)22-15-6-4-3-5-14(15)21/h3-6,13H,7-12H2,1-2H3,(H,22,27)(H,23,30)(H,24,28). The highest BCUT2D eigenvalue weighted by Crippen LogP contribution is 2.35. The van der Waals surface area contributed by atoms with Gasteiger partial charge < -0.3 is 10.6 Å². The summed E-state index contributed by atoms with van der Waals surface area (Å²) in [6, 6.07) is 6.21. The van der Waals surface area contributed by atoms with E-state index in [1.807, 2.05) is 0 Å². The largest absolute Gasteiger partial charge is 0.344 e. The van der Waals surface area contributed by atoms with Gasteiger partial charge in [0.1, 0.15) is 5.54 Å². The third kappa shape index (κ3) is 4.91. The van der Waals surface area contributed by atoms with Crippen molar-refractivity contribution in [2.45, 2.75) is 38.1 Å². The highest BCUT2D eigenvalue weighted by molar-refractivity contribution is 6.33. The molecule has 3 N–H and O–H groups in total. The zero-order valence-electron chi connectivity index (χ0n) is 17.0. The molecular weight excluding hydrogens is 410 g/mol. The Morgan fingerprint density at radius 3 is 2.50 bits per heavy atom. The molecule has 30 heavy (non-hydrogen) atoms. The first-order valence-corrected chi connectivity index (χ1v) is 10.3. The van der Waals surface area contributed by atoms with Gasteiger partial charge in [-0.25, -0.2) is 4.79 Å². The summed E-state index contributed by atoms with van der Waals surface area (Å²) in [6.45, 7) is 1.88. The Balaban J connectivity index is 1.50.